The zero-order valence-corrected chi connectivity index (χ0v) is 11.8. The molecule has 4 heteroatoms. The maximum atomic E-state index is 6.08. The Morgan fingerprint density at radius 2 is 1.90 bits per heavy atom. The second kappa shape index (κ2) is 6.16. The van der Waals surface area contributed by atoms with Crippen LogP contribution in [0.2, 0.25) is 0 Å². The van der Waals surface area contributed by atoms with Crippen LogP contribution in [0.3, 0.4) is 0 Å². The standard InChI is InChI=1S/C16H23N3O/c17-16(18-12-7-3-1-2-4-8-12)19-14-11-20-15-10-6-5-9-13(14)15/h5-6,9-10,12,14H,1-4,7-8,11H2,(H3,17,18,19). The molecule has 1 heterocycles. The maximum Gasteiger partial charge on any atom is 0.189 e. The molecule has 1 saturated carbocycles. The molecule has 0 amide bonds. The monoisotopic (exact) mass is 273 g/mol. The normalized spacial score (nSPS) is 23.8. The molecule has 0 spiro atoms. The van der Waals surface area contributed by atoms with E-state index < -0.39 is 0 Å². The molecule has 2 aliphatic rings. The molecule has 1 aromatic carbocycles. The van der Waals surface area contributed by atoms with Gasteiger partial charge in [0.05, 0.1) is 0 Å². The third kappa shape index (κ3) is 3.06. The maximum absolute atomic E-state index is 6.08. The number of nitrogens with two attached hydrogens (primary N) is 1. The molecule has 108 valence electrons. The predicted molar refractivity (Wildman–Crippen MR) is 80.9 cm³/mol. The summed E-state index contributed by atoms with van der Waals surface area (Å²) in [5, 5.41) is 3.39. The van der Waals surface area contributed by atoms with Gasteiger partial charge in [0, 0.05) is 11.6 Å². The summed E-state index contributed by atoms with van der Waals surface area (Å²) in [6.45, 7) is 0.590. The van der Waals surface area contributed by atoms with Gasteiger partial charge in [-0.05, 0) is 18.9 Å². The lowest BCUT2D eigenvalue weighted by Crippen LogP contribution is -2.40. The molecule has 1 aliphatic heterocycles. The van der Waals surface area contributed by atoms with Crippen LogP contribution in [0.15, 0.2) is 29.3 Å². The van der Waals surface area contributed by atoms with Crippen LogP contribution in [-0.4, -0.2) is 18.6 Å². The van der Waals surface area contributed by atoms with Crippen LogP contribution in [0.25, 0.3) is 0 Å². The average molecular weight is 273 g/mol. The molecule has 3 N–H and O–H groups in total. The van der Waals surface area contributed by atoms with Gasteiger partial charge >= 0.3 is 0 Å². The van der Waals surface area contributed by atoms with Crippen LogP contribution in [-0.2, 0) is 0 Å². The molecule has 0 aromatic heterocycles. The number of fused-ring (bicyclic) bond motifs is 1. The highest BCUT2D eigenvalue weighted by Gasteiger charge is 2.23. The summed E-state index contributed by atoms with van der Waals surface area (Å²) in [5.74, 6) is 1.49. The second-order valence-electron chi connectivity index (χ2n) is 5.71. The average Bonchev–Trinajstić information content (AvgIpc) is 2.68. The lowest BCUT2D eigenvalue weighted by atomic mass is 10.1. The Kier molecular flexibility index (Phi) is 4.09. The summed E-state index contributed by atoms with van der Waals surface area (Å²) >= 11 is 0. The van der Waals surface area contributed by atoms with Crippen molar-refractivity contribution in [3.8, 4) is 5.75 Å². The number of aliphatic imine (C=N–C) groups is 1. The van der Waals surface area contributed by atoms with Crippen molar-refractivity contribution in [3.63, 3.8) is 0 Å². The van der Waals surface area contributed by atoms with Gasteiger partial charge in [0.25, 0.3) is 0 Å². The quantitative estimate of drug-likeness (QED) is 0.495. The highest BCUT2D eigenvalue weighted by molar-refractivity contribution is 5.78. The van der Waals surface area contributed by atoms with Crippen molar-refractivity contribution >= 4 is 5.96 Å². The first-order valence-electron chi connectivity index (χ1n) is 7.64. The minimum atomic E-state index is 0.0319. The number of hydrogen-bond donors (Lipinski definition) is 2. The first-order chi connectivity index (χ1) is 9.83. The van der Waals surface area contributed by atoms with Crippen molar-refractivity contribution in [2.45, 2.75) is 50.6 Å². The van der Waals surface area contributed by atoms with Crippen LogP contribution in [0.1, 0.15) is 50.1 Å². The molecule has 1 fully saturated rings. The van der Waals surface area contributed by atoms with Crippen molar-refractivity contribution in [1.29, 1.82) is 0 Å². The molecule has 1 aromatic rings. The van der Waals surface area contributed by atoms with Crippen molar-refractivity contribution < 1.29 is 4.74 Å². The van der Waals surface area contributed by atoms with E-state index in [0.717, 1.165) is 11.3 Å². The second-order valence-corrected chi connectivity index (χ2v) is 5.71. The van der Waals surface area contributed by atoms with Gasteiger partial charge in [-0.1, -0.05) is 43.9 Å². The number of guanidine groups is 1. The number of nitrogens with zero attached hydrogens (tertiary/aromatic N) is 1. The first-order valence-corrected chi connectivity index (χ1v) is 7.64. The van der Waals surface area contributed by atoms with Crippen LogP contribution in [0.4, 0.5) is 0 Å². The molecule has 0 bridgehead atoms. The highest BCUT2D eigenvalue weighted by atomic mass is 16.5. The van der Waals surface area contributed by atoms with Gasteiger partial charge in [0.2, 0.25) is 0 Å². The smallest absolute Gasteiger partial charge is 0.189 e. The number of hydrogen-bond acceptors (Lipinski definition) is 2. The molecule has 20 heavy (non-hydrogen) atoms. The summed E-state index contributed by atoms with van der Waals surface area (Å²) in [6, 6.07) is 8.57. The number of para-hydroxylation sites is 1. The van der Waals surface area contributed by atoms with Gasteiger partial charge in [0.1, 0.15) is 18.4 Å². The van der Waals surface area contributed by atoms with E-state index in [0.29, 0.717) is 18.6 Å². The van der Waals surface area contributed by atoms with Crippen LogP contribution in [0, 0.1) is 0 Å². The summed E-state index contributed by atoms with van der Waals surface area (Å²) in [6.07, 6.45) is 7.68. The van der Waals surface area contributed by atoms with E-state index in [-0.39, 0.29) is 6.04 Å². The Morgan fingerprint density at radius 1 is 1.15 bits per heavy atom. The topological polar surface area (TPSA) is 59.6 Å². The van der Waals surface area contributed by atoms with Gasteiger partial charge in [-0.25, -0.2) is 4.99 Å². The lowest BCUT2D eigenvalue weighted by Gasteiger charge is -2.17. The van der Waals surface area contributed by atoms with E-state index in [1.807, 2.05) is 18.2 Å². The molecule has 1 atom stereocenters. The van der Waals surface area contributed by atoms with E-state index in [1.165, 1.54) is 38.5 Å². The van der Waals surface area contributed by atoms with Gasteiger partial charge in [-0.15, -0.1) is 0 Å². The van der Waals surface area contributed by atoms with Crippen molar-refractivity contribution in [3.05, 3.63) is 29.8 Å². The summed E-state index contributed by atoms with van der Waals surface area (Å²) in [4.78, 5) is 4.60. The Bertz CT molecular complexity index is 478. The summed E-state index contributed by atoms with van der Waals surface area (Å²) < 4.78 is 5.63. The fraction of sp³-hybridized carbons (Fsp3) is 0.562. The van der Waals surface area contributed by atoms with E-state index in [4.69, 9.17) is 10.5 Å². The molecule has 0 saturated heterocycles. The summed E-state index contributed by atoms with van der Waals surface area (Å²) in [7, 11) is 0. The summed E-state index contributed by atoms with van der Waals surface area (Å²) in [5.41, 5.74) is 7.21. The molecule has 1 aliphatic carbocycles. The van der Waals surface area contributed by atoms with Crippen molar-refractivity contribution in [1.82, 2.24) is 5.32 Å². The molecular formula is C16H23N3O. The Hall–Kier alpha value is -1.71. The number of rotatable bonds is 2. The number of ether oxygens (including phenoxy) is 1. The van der Waals surface area contributed by atoms with E-state index in [1.54, 1.807) is 0 Å². The SMILES string of the molecule is NC(=NC1COc2ccccc21)NC1CCCCCC1. The van der Waals surface area contributed by atoms with Gasteiger partial charge in [0.15, 0.2) is 5.96 Å². The van der Waals surface area contributed by atoms with Crippen molar-refractivity contribution in [2.24, 2.45) is 10.7 Å². The zero-order chi connectivity index (χ0) is 13.8. The van der Waals surface area contributed by atoms with Gasteiger partial charge in [-0.2, -0.15) is 0 Å². The fourth-order valence-electron chi connectivity index (χ4n) is 3.09. The first kappa shape index (κ1) is 13.3. The Morgan fingerprint density at radius 3 is 2.70 bits per heavy atom. The lowest BCUT2D eigenvalue weighted by molar-refractivity contribution is 0.333. The van der Waals surface area contributed by atoms with E-state index in [2.05, 4.69) is 16.4 Å². The molecule has 3 rings (SSSR count). The Labute approximate surface area is 120 Å². The molecule has 4 nitrogen and oxygen atoms in total. The largest absolute Gasteiger partial charge is 0.491 e. The van der Waals surface area contributed by atoms with Crippen molar-refractivity contribution in [2.75, 3.05) is 6.61 Å². The van der Waals surface area contributed by atoms with Crippen LogP contribution < -0.4 is 15.8 Å². The molecule has 0 radical (unpaired) electrons. The van der Waals surface area contributed by atoms with Crippen LogP contribution in [0.5, 0.6) is 5.75 Å². The third-order valence-electron chi connectivity index (χ3n) is 4.18. The predicted octanol–water partition coefficient (Wildman–Crippen LogP) is 2.75. The minimum absolute atomic E-state index is 0.0319. The molecule has 1 unspecified atom stereocenters. The van der Waals surface area contributed by atoms with Crippen LogP contribution >= 0.6 is 0 Å². The van der Waals surface area contributed by atoms with Gasteiger partial charge in [-0.3, -0.25) is 0 Å². The fourth-order valence-corrected chi connectivity index (χ4v) is 3.09. The highest BCUT2D eigenvalue weighted by Crippen LogP contribution is 2.34. The number of nitrogens with one attached hydrogen (secondary N) is 1. The zero-order valence-electron chi connectivity index (χ0n) is 11.8. The third-order valence-corrected chi connectivity index (χ3v) is 4.18. The van der Waals surface area contributed by atoms with Gasteiger partial charge < -0.3 is 15.8 Å². The minimum Gasteiger partial charge on any atom is -0.491 e. The molecular weight excluding hydrogens is 250 g/mol. The van der Waals surface area contributed by atoms with E-state index in [9.17, 15) is 0 Å². The Balaban J connectivity index is 1.63. The van der Waals surface area contributed by atoms with E-state index >= 15 is 0 Å². The number of benzene rings is 1.